The van der Waals surface area contributed by atoms with E-state index in [0.29, 0.717) is 0 Å². The third-order valence-corrected chi connectivity index (χ3v) is 1.18. The van der Waals surface area contributed by atoms with Gasteiger partial charge in [-0.2, -0.15) is 0 Å². The average molecular weight is 128 g/mol. The fraction of sp³-hybridized carbons (Fsp3) is 0.714. The summed E-state index contributed by atoms with van der Waals surface area (Å²) in [7, 11) is 0. The largest absolute Gasteiger partial charge is 0.229 e. The first-order chi connectivity index (χ1) is 4.10. The van der Waals surface area contributed by atoms with Crippen LogP contribution < -0.4 is 0 Å². The lowest BCUT2D eigenvalue weighted by atomic mass is 10.1. The molecular weight excluding hydrogens is 116 g/mol. The first kappa shape index (κ1) is 6.78. The van der Waals surface area contributed by atoms with E-state index in [0.717, 1.165) is 0 Å². The highest BCUT2D eigenvalue weighted by molar-refractivity contribution is 5.00. The lowest BCUT2D eigenvalue weighted by molar-refractivity contribution is -0.361. The van der Waals surface area contributed by atoms with Crippen molar-refractivity contribution in [2.45, 2.75) is 32.5 Å². The zero-order valence-corrected chi connectivity index (χ0v) is 6.05. The monoisotopic (exact) mass is 128 g/mol. The summed E-state index contributed by atoms with van der Waals surface area (Å²) in [5.74, 6) is 0. The van der Waals surface area contributed by atoms with Gasteiger partial charge in [0.1, 0.15) is 11.7 Å². The van der Waals surface area contributed by atoms with E-state index in [1.54, 1.807) is 0 Å². The van der Waals surface area contributed by atoms with Crippen LogP contribution in [0.4, 0.5) is 0 Å². The third-order valence-electron chi connectivity index (χ3n) is 1.18. The molecule has 0 aliphatic carbocycles. The van der Waals surface area contributed by atoms with Crippen molar-refractivity contribution in [2.24, 2.45) is 0 Å². The van der Waals surface area contributed by atoms with Crippen molar-refractivity contribution in [3.8, 4) is 0 Å². The van der Waals surface area contributed by atoms with Gasteiger partial charge in [0.2, 0.25) is 0 Å². The van der Waals surface area contributed by atoms with Crippen LogP contribution in [0.1, 0.15) is 20.8 Å². The van der Waals surface area contributed by atoms with E-state index >= 15 is 0 Å². The van der Waals surface area contributed by atoms with Crippen molar-refractivity contribution in [1.82, 2.24) is 0 Å². The van der Waals surface area contributed by atoms with E-state index in [-0.39, 0.29) is 11.7 Å². The van der Waals surface area contributed by atoms with Gasteiger partial charge < -0.3 is 0 Å². The van der Waals surface area contributed by atoms with Gasteiger partial charge in [-0.25, -0.2) is 9.78 Å². The van der Waals surface area contributed by atoms with Crippen molar-refractivity contribution < 1.29 is 9.78 Å². The van der Waals surface area contributed by atoms with Crippen LogP contribution in [0.15, 0.2) is 12.2 Å². The second-order valence-electron chi connectivity index (χ2n) is 2.85. The Morgan fingerprint density at radius 2 is 2.11 bits per heavy atom. The van der Waals surface area contributed by atoms with Crippen LogP contribution >= 0.6 is 0 Å². The summed E-state index contributed by atoms with van der Waals surface area (Å²) in [6, 6.07) is 0. The molecule has 1 atom stereocenters. The molecule has 1 aliphatic rings. The summed E-state index contributed by atoms with van der Waals surface area (Å²) in [6.07, 6.45) is 4.09. The molecule has 0 fully saturated rings. The van der Waals surface area contributed by atoms with Crippen LogP contribution in [-0.2, 0) is 9.78 Å². The fourth-order valence-corrected chi connectivity index (χ4v) is 0.627. The molecule has 0 aromatic heterocycles. The van der Waals surface area contributed by atoms with E-state index in [9.17, 15) is 0 Å². The molecule has 0 saturated heterocycles. The van der Waals surface area contributed by atoms with Gasteiger partial charge in [0.25, 0.3) is 0 Å². The molecule has 0 aromatic rings. The maximum Gasteiger partial charge on any atom is 0.116 e. The lowest BCUT2D eigenvalue weighted by Crippen LogP contribution is -2.28. The highest BCUT2D eigenvalue weighted by atomic mass is 17.2. The van der Waals surface area contributed by atoms with Crippen LogP contribution in [0.2, 0.25) is 0 Å². The van der Waals surface area contributed by atoms with Gasteiger partial charge in [-0.3, -0.25) is 0 Å². The smallest absolute Gasteiger partial charge is 0.116 e. The Morgan fingerprint density at radius 3 is 2.44 bits per heavy atom. The van der Waals surface area contributed by atoms with Crippen LogP contribution in [0, 0.1) is 0 Å². The summed E-state index contributed by atoms with van der Waals surface area (Å²) in [5.41, 5.74) is -0.244. The highest BCUT2D eigenvalue weighted by Gasteiger charge is 2.20. The third kappa shape index (κ3) is 1.80. The highest BCUT2D eigenvalue weighted by Crippen LogP contribution is 2.18. The Bertz CT molecular complexity index is 127. The van der Waals surface area contributed by atoms with Gasteiger partial charge in [-0.1, -0.05) is 12.2 Å². The molecule has 0 radical (unpaired) electrons. The van der Waals surface area contributed by atoms with E-state index in [2.05, 4.69) is 0 Å². The molecular formula is C7H12O2. The van der Waals surface area contributed by atoms with Crippen molar-refractivity contribution in [1.29, 1.82) is 0 Å². The van der Waals surface area contributed by atoms with E-state index in [4.69, 9.17) is 9.78 Å². The lowest BCUT2D eigenvalue weighted by Gasteiger charge is -2.25. The Balaban J connectivity index is 2.58. The van der Waals surface area contributed by atoms with Crippen LogP contribution in [0.3, 0.4) is 0 Å². The van der Waals surface area contributed by atoms with Gasteiger partial charge in [-0.05, 0) is 20.8 Å². The Kier molecular flexibility index (Phi) is 1.60. The number of hydrogen-bond donors (Lipinski definition) is 0. The van der Waals surface area contributed by atoms with Crippen molar-refractivity contribution >= 4 is 0 Å². The van der Waals surface area contributed by atoms with Crippen molar-refractivity contribution in [3.63, 3.8) is 0 Å². The van der Waals surface area contributed by atoms with Gasteiger partial charge in [0.05, 0.1) is 0 Å². The van der Waals surface area contributed by atoms with Crippen LogP contribution in [0.25, 0.3) is 0 Å². The molecule has 0 aromatic carbocycles. The molecule has 1 unspecified atom stereocenters. The maximum atomic E-state index is 4.99. The first-order valence-electron chi connectivity index (χ1n) is 3.14. The predicted octanol–water partition coefficient (Wildman–Crippen LogP) is 1.67. The summed E-state index contributed by atoms with van der Waals surface area (Å²) in [4.78, 5) is 9.90. The minimum absolute atomic E-state index is 0.0954. The van der Waals surface area contributed by atoms with E-state index < -0.39 is 0 Å². The minimum Gasteiger partial charge on any atom is -0.229 e. The van der Waals surface area contributed by atoms with E-state index in [1.165, 1.54) is 0 Å². The summed E-state index contributed by atoms with van der Waals surface area (Å²) >= 11 is 0. The normalized spacial score (nSPS) is 32.6. The van der Waals surface area contributed by atoms with E-state index in [1.807, 2.05) is 32.9 Å². The molecule has 2 nitrogen and oxygen atoms in total. The minimum atomic E-state index is -0.244. The zero-order chi connectivity index (χ0) is 6.91. The Morgan fingerprint density at radius 1 is 1.44 bits per heavy atom. The second kappa shape index (κ2) is 2.12. The molecule has 0 N–H and O–H groups in total. The number of rotatable bonds is 0. The molecule has 52 valence electrons. The SMILES string of the molecule is CC1C=CC(C)(C)OO1. The quantitative estimate of drug-likeness (QED) is 0.365. The number of hydrogen-bond acceptors (Lipinski definition) is 2. The van der Waals surface area contributed by atoms with Gasteiger partial charge in [-0.15, -0.1) is 0 Å². The molecule has 0 bridgehead atoms. The molecule has 1 heterocycles. The van der Waals surface area contributed by atoms with Gasteiger partial charge in [0.15, 0.2) is 0 Å². The molecule has 9 heavy (non-hydrogen) atoms. The maximum absolute atomic E-state index is 4.99. The summed E-state index contributed by atoms with van der Waals surface area (Å²) < 4.78 is 0. The fourth-order valence-electron chi connectivity index (χ4n) is 0.627. The Hall–Kier alpha value is -0.340. The van der Waals surface area contributed by atoms with Crippen LogP contribution in [0.5, 0.6) is 0 Å². The zero-order valence-electron chi connectivity index (χ0n) is 6.05. The predicted molar refractivity (Wildman–Crippen MR) is 34.9 cm³/mol. The Labute approximate surface area is 55.4 Å². The summed E-state index contributed by atoms with van der Waals surface area (Å²) in [5, 5.41) is 0. The molecule has 0 spiro atoms. The van der Waals surface area contributed by atoms with Crippen molar-refractivity contribution in [3.05, 3.63) is 12.2 Å². The average Bonchev–Trinajstić information content (AvgIpc) is 1.78. The standard InChI is InChI=1S/C7H12O2/c1-6-4-5-7(2,3)9-8-6/h4-6H,1-3H3. The molecule has 2 heteroatoms. The van der Waals surface area contributed by atoms with Gasteiger partial charge in [0, 0.05) is 0 Å². The van der Waals surface area contributed by atoms with Crippen LogP contribution in [-0.4, -0.2) is 11.7 Å². The second-order valence-corrected chi connectivity index (χ2v) is 2.85. The van der Waals surface area contributed by atoms with Gasteiger partial charge >= 0.3 is 0 Å². The first-order valence-corrected chi connectivity index (χ1v) is 3.14. The molecule has 1 aliphatic heterocycles. The summed E-state index contributed by atoms with van der Waals surface area (Å²) in [6.45, 7) is 5.84. The molecule has 1 rings (SSSR count). The molecule has 0 saturated carbocycles. The topological polar surface area (TPSA) is 18.5 Å². The molecule has 0 amide bonds. The van der Waals surface area contributed by atoms with Crippen molar-refractivity contribution in [2.75, 3.05) is 0 Å².